The third kappa shape index (κ3) is 3.40. The van der Waals surface area contributed by atoms with Gasteiger partial charge in [-0.15, -0.1) is 11.3 Å². The van der Waals surface area contributed by atoms with E-state index < -0.39 is 0 Å². The number of thiazole rings is 1. The van der Waals surface area contributed by atoms with Crippen molar-refractivity contribution < 1.29 is 0 Å². The molecule has 0 bridgehead atoms. The van der Waals surface area contributed by atoms with E-state index in [1.807, 2.05) is 6.92 Å². The van der Waals surface area contributed by atoms with Gasteiger partial charge in [0.2, 0.25) is 0 Å². The van der Waals surface area contributed by atoms with Crippen LogP contribution in [0.2, 0.25) is 0 Å². The Hall–Kier alpha value is -1.19. The van der Waals surface area contributed by atoms with Crippen molar-refractivity contribution in [3.63, 3.8) is 0 Å². The lowest BCUT2D eigenvalue weighted by atomic mass is 10.0. The lowest BCUT2D eigenvalue weighted by Gasteiger charge is -2.09. The molecule has 0 spiro atoms. The lowest BCUT2D eigenvalue weighted by molar-refractivity contribution is 0.682. The van der Waals surface area contributed by atoms with Gasteiger partial charge in [0.25, 0.3) is 0 Å². The maximum atomic E-state index is 4.47. The summed E-state index contributed by atoms with van der Waals surface area (Å²) in [5.74, 6) is 0. The fourth-order valence-corrected chi connectivity index (χ4v) is 2.72. The van der Waals surface area contributed by atoms with E-state index in [0.29, 0.717) is 0 Å². The Kier molecular flexibility index (Phi) is 4.50. The highest BCUT2D eigenvalue weighted by Gasteiger charge is 2.01. The van der Waals surface area contributed by atoms with Crippen molar-refractivity contribution in [1.29, 1.82) is 0 Å². The number of benzene rings is 1. The molecule has 1 N–H and O–H groups in total. The van der Waals surface area contributed by atoms with Gasteiger partial charge in [-0.3, -0.25) is 0 Å². The van der Waals surface area contributed by atoms with Crippen LogP contribution in [0.15, 0.2) is 23.6 Å². The third-order valence-electron chi connectivity index (χ3n) is 3.21. The van der Waals surface area contributed by atoms with E-state index in [2.05, 4.69) is 47.7 Å². The zero-order valence-electron chi connectivity index (χ0n) is 11.3. The number of hydrogen-bond acceptors (Lipinski definition) is 3. The average Bonchev–Trinajstić information content (AvgIpc) is 2.76. The summed E-state index contributed by atoms with van der Waals surface area (Å²) in [7, 11) is 0. The van der Waals surface area contributed by atoms with Gasteiger partial charge in [-0.05, 0) is 37.5 Å². The first-order valence-corrected chi connectivity index (χ1v) is 7.21. The molecule has 0 atom stereocenters. The van der Waals surface area contributed by atoms with E-state index in [9.17, 15) is 0 Å². The van der Waals surface area contributed by atoms with Crippen molar-refractivity contribution in [3.8, 4) is 0 Å². The summed E-state index contributed by atoms with van der Waals surface area (Å²) in [5.41, 5.74) is 5.29. The SMILES string of the molecule is Cc1csc(CCNCc2cccc(C)c2C)n1. The summed E-state index contributed by atoms with van der Waals surface area (Å²) >= 11 is 1.75. The van der Waals surface area contributed by atoms with Gasteiger partial charge in [0.15, 0.2) is 0 Å². The Labute approximate surface area is 113 Å². The molecule has 0 saturated carbocycles. The Balaban J connectivity index is 1.80. The van der Waals surface area contributed by atoms with Crippen molar-refractivity contribution in [2.45, 2.75) is 33.7 Å². The van der Waals surface area contributed by atoms with Crippen molar-refractivity contribution in [2.24, 2.45) is 0 Å². The zero-order valence-corrected chi connectivity index (χ0v) is 12.1. The van der Waals surface area contributed by atoms with Crippen LogP contribution in [0.4, 0.5) is 0 Å². The maximum absolute atomic E-state index is 4.47. The van der Waals surface area contributed by atoms with Crippen LogP contribution in [0.1, 0.15) is 27.4 Å². The summed E-state index contributed by atoms with van der Waals surface area (Å²) in [6.45, 7) is 8.33. The highest BCUT2D eigenvalue weighted by molar-refractivity contribution is 7.09. The van der Waals surface area contributed by atoms with Crippen LogP contribution >= 0.6 is 11.3 Å². The highest BCUT2D eigenvalue weighted by Crippen LogP contribution is 2.12. The van der Waals surface area contributed by atoms with Crippen molar-refractivity contribution in [3.05, 3.63) is 51.0 Å². The van der Waals surface area contributed by atoms with Gasteiger partial charge in [0.1, 0.15) is 0 Å². The maximum Gasteiger partial charge on any atom is 0.0940 e. The van der Waals surface area contributed by atoms with Crippen LogP contribution in [0.5, 0.6) is 0 Å². The monoisotopic (exact) mass is 260 g/mol. The van der Waals surface area contributed by atoms with Crippen molar-refractivity contribution >= 4 is 11.3 Å². The number of hydrogen-bond donors (Lipinski definition) is 1. The second-order valence-electron chi connectivity index (χ2n) is 4.67. The fourth-order valence-electron chi connectivity index (χ4n) is 1.94. The second-order valence-corrected chi connectivity index (χ2v) is 5.61. The first-order valence-electron chi connectivity index (χ1n) is 6.33. The summed E-state index contributed by atoms with van der Waals surface area (Å²) in [6.07, 6.45) is 1.02. The van der Waals surface area contributed by atoms with Gasteiger partial charge in [0.05, 0.1) is 5.01 Å². The fraction of sp³-hybridized carbons (Fsp3) is 0.400. The zero-order chi connectivity index (χ0) is 13.0. The number of aromatic nitrogens is 1. The standard InChI is InChI=1S/C15H20N2S/c1-11-5-4-6-14(13(11)3)9-16-8-7-15-17-12(2)10-18-15/h4-6,10,16H,7-9H2,1-3H3. The molecule has 0 radical (unpaired) electrons. The molecule has 18 heavy (non-hydrogen) atoms. The third-order valence-corrected chi connectivity index (χ3v) is 4.24. The molecule has 0 aliphatic rings. The van der Waals surface area contributed by atoms with Crippen LogP contribution in [0, 0.1) is 20.8 Å². The van der Waals surface area contributed by atoms with Crippen LogP contribution in [0.25, 0.3) is 0 Å². The van der Waals surface area contributed by atoms with Gasteiger partial charge in [-0.1, -0.05) is 18.2 Å². The second kappa shape index (κ2) is 6.12. The number of rotatable bonds is 5. The quantitative estimate of drug-likeness (QED) is 0.833. The molecule has 1 heterocycles. The predicted octanol–water partition coefficient (Wildman–Crippen LogP) is 3.40. The van der Waals surface area contributed by atoms with E-state index in [-0.39, 0.29) is 0 Å². The molecule has 1 aromatic carbocycles. The van der Waals surface area contributed by atoms with E-state index in [4.69, 9.17) is 0 Å². The minimum Gasteiger partial charge on any atom is -0.312 e. The molecule has 0 aliphatic carbocycles. The Morgan fingerprint density at radius 1 is 1.22 bits per heavy atom. The molecule has 0 aliphatic heterocycles. The molecule has 2 rings (SSSR count). The van der Waals surface area contributed by atoms with Crippen LogP contribution in [-0.2, 0) is 13.0 Å². The summed E-state index contributed by atoms with van der Waals surface area (Å²) < 4.78 is 0. The molecule has 1 aromatic heterocycles. The van der Waals surface area contributed by atoms with Crippen molar-refractivity contribution in [1.82, 2.24) is 10.3 Å². The van der Waals surface area contributed by atoms with Gasteiger partial charge < -0.3 is 5.32 Å². The lowest BCUT2D eigenvalue weighted by Crippen LogP contribution is -2.17. The predicted molar refractivity (Wildman–Crippen MR) is 78.2 cm³/mol. The molecule has 96 valence electrons. The van der Waals surface area contributed by atoms with Gasteiger partial charge in [-0.2, -0.15) is 0 Å². The molecule has 3 heteroatoms. The van der Waals surface area contributed by atoms with Gasteiger partial charge in [0, 0.05) is 30.6 Å². The molecule has 2 nitrogen and oxygen atoms in total. The van der Waals surface area contributed by atoms with E-state index in [1.54, 1.807) is 11.3 Å². The smallest absolute Gasteiger partial charge is 0.0940 e. The number of aryl methyl sites for hydroxylation is 2. The Bertz CT molecular complexity index is 517. The molecule has 0 saturated heterocycles. The molecular weight excluding hydrogens is 240 g/mol. The first-order chi connectivity index (χ1) is 8.66. The van der Waals surface area contributed by atoms with Gasteiger partial charge in [-0.25, -0.2) is 4.98 Å². The Morgan fingerprint density at radius 3 is 2.78 bits per heavy atom. The summed E-state index contributed by atoms with van der Waals surface area (Å²) in [5, 5.41) is 6.83. The summed E-state index contributed by atoms with van der Waals surface area (Å²) in [4.78, 5) is 4.47. The number of nitrogens with one attached hydrogen (secondary N) is 1. The Morgan fingerprint density at radius 2 is 2.06 bits per heavy atom. The minimum absolute atomic E-state index is 0.942. The first kappa shape index (κ1) is 13.2. The average molecular weight is 260 g/mol. The van der Waals surface area contributed by atoms with Gasteiger partial charge >= 0.3 is 0 Å². The highest BCUT2D eigenvalue weighted by atomic mass is 32.1. The molecule has 0 unspecified atom stereocenters. The summed E-state index contributed by atoms with van der Waals surface area (Å²) in [6, 6.07) is 6.49. The van der Waals surface area contributed by atoms with E-state index >= 15 is 0 Å². The van der Waals surface area contributed by atoms with Crippen LogP contribution in [-0.4, -0.2) is 11.5 Å². The van der Waals surface area contributed by atoms with Crippen molar-refractivity contribution in [2.75, 3.05) is 6.54 Å². The molecule has 2 aromatic rings. The van der Waals surface area contributed by atoms with E-state index in [1.165, 1.54) is 21.7 Å². The minimum atomic E-state index is 0.942. The largest absolute Gasteiger partial charge is 0.312 e. The van der Waals surface area contributed by atoms with Crippen LogP contribution in [0.3, 0.4) is 0 Å². The molecule has 0 amide bonds. The number of nitrogens with zero attached hydrogens (tertiary/aromatic N) is 1. The van der Waals surface area contributed by atoms with Crippen LogP contribution < -0.4 is 5.32 Å². The normalized spacial score (nSPS) is 10.8. The topological polar surface area (TPSA) is 24.9 Å². The molecule has 0 fully saturated rings. The van der Waals surface area contributed by atoms with E-state index in [0.717, 1.165) is 25.2 Å². The molecular formula is C15H20N2S.